The number of halogens is 1. The molecule has 0 amide bonds. The van der Waals surface area contributed by atoms with E-state index in [1.165, 1.54) is 0 Å². The highest BCUT2D eigenvalue weighted by Crippen LogP contribution is 2.17. The molecule has 0 fully saturated rings. The first-order chi connectivity index (χ1) is 9.55. The summed E-state index contributed by atoms with van der Waals surface area (Å²) in [5.41, 5.74) is 0.612. The first kappa shape index (κ1) is 17.4. The van der Waals surface area contributed by atoms with Gasteiger partial charge in [0.2, 0.25) is 10.0 Å². The van der Waals surface area contributed by atoms with Crippen LogP contribution in [-0.2, 0) is 20.5 Å². The highest BCUT2D eigenvalue weighted by molar-refractivity contribution is 7.88. The minimum absolute atomic E-state index is 0.0939. The zero-order chi connectivity index (χ0) is 14.8. The molecule has 1 N–H and O–H groups in total. The zero-order valence-corrected chi connectivity index (χ0v) is 13.3. The Morgan fingerprint density at radius 2 is 1.90 bits per heavy atom. The predicted octanol–water partition coefficient (Wildman–Crippen LogP) is 2.97. The average Bonchev–Trinajstić information content (AvgIpc) is 2.40. The summed E-state index contributed by atoms with van der Waals surface area (Å²) in [7, 11) is -3.34. The van der Waals surface area contributed by atoms with E-state index in [1.807, 2.05) is 0 Å². The predicted molar refractivity (Wildman–Crippen MR) is 82.4 cm³/mol. The second-order valence-corrected chi connectivity index (χ2v) is 6.78. The highest BCUT2D eigenvalue weighted by atomic mass is 35.5. The Bertz CT molecular complexity index is 491. The second kappa shape index (κ2) is 9.34. The van der Waals surface area contributed by atoms with Gasteiger partial charge in [-0.2, -0.15) is 0 Å². The van der Waals surface area contributed by atoms with Crippen LogP contribution in [0.3, 0.4) is 0 Å². The van der Waals surface area contributed by atoms with Gasteiger partial charge in [-0.3, -0.25) is 0 Å². The molecule has 4 nitrogen and oxygen atoms in total. The van der Waals surface area contributed by atoms with Crippen LogP contribution >= 0.6 is 11.6 Å². The van der Waals surface area contributed by atoms with E-state index in [0.29, 0.717) is 30.2 Å². The minimum Gasteiger partial charge on any atom is -0.381 e. The van der Waals surface area contributed by atoms with Crippen molar-refractivity contribution < 1.29 is 13.2 Å². The monoisotopic (exact) mass is 319 g/mol. The first-order valence-corrected chi connectivity index (χ1v) is 8.86. The highest BCUT2D eigenvalue weighted by Gasteiger charge is 2.12. The molecule has 0 aliphatic carbocycles. The second-order valence-electron chi connectivity index (χ2n) is 4.56. The summed E-state index contributed by atoms with van der Waals surface area (Å²) in [5, 5.41) is 0.473. The fraction of sp³-hybridized carbons (Fsp3) is 0.571. The number of benzene rings is 1. The van der Waals surface area contributed by atoms with Crippen molar-refractivity contribution >= 4 is 21.6 Å². The van der Waals surface area contributed by atoms with Gasteiger partial charge in [-0.25, -0.2) is 13.1 Å². The summed E-state index contributed by atoms with van der Waals surface area (Å²) in [6, 6.07) is 6.96. The maximum absolute atomic E-state index is 11.9. The van der Waals surface area contributed by atoms with E-state index in [1.54, 1.807) is 24.3 Å². The molecule has 20 heavy (non-hydrogen) atoms. The van der Waals surface area contributed by atoms with Crippen LogP contribution in [-0.4, -0.2) is 28.2 Å². The SMILES string of the molecule is CCCCOCCCNS(=O)(=O)Cc1ccccc1Cl. The van der Waals surface area contributed by atoms with Crippen LogP contribution in [0.4, 0.5) is 0 Å². The number of hydrogen-bond acceptors (Lipinski definition) is 3. The molecule has 114 valence electrons. The molecule has 0 radical (unpaired) electrons. The largest absolute Gasteiger partial charge is 0.381 e. The summed E-state index contributed by atoms with van der Waals surface area (Å²) < 4.78 is 31.7. The van der Waals surface area contributed by atoms with Crippen molar-refractivity contribution in [2.24, 2.45) is 0 Å². The van der Waals surface area contributed by atoms with Gasteiger partial charge in [-0.15, -0.1) is 0 Å². The molecule has 0 spiro atoms. The number of sulfonamides is 1. The van der Waals surface area contributed by atoms with E-state index in [9.17, 15) is 8.42 Å². The molecule has 6 heteroatoms. The van der Waals surface area contributed by atoms with E-state index < -0.39 is 10.0 Å². The lowest BCUT2D eigenvalue weighted by Gasteiger charge is -2.08. The van der Waals surface area contributed by atoms with Crippen LogP contribution in [0.5, 0.6) is 0 Å². The standard InChI is InChI=1S/C14H22ClNO3S/c1-2-3-10-19-11-6-9-16-20(17,18)12-13-7-4-5-8-14(13)15/h4-5,7-8,16H,2-3,6,9-12H2,1H3. The molecular formula is C14H22ClNO3S. The quantitative estimate of drug-likeness (QED) is 0.675. The van der Waals surface area contributed by atoms with E-state index in [4.69, 9.17) is 16.3 Å². The molecule has 0 saturated carbocycles. The third-order valence-corrected chi connectivity index (χ3v) is 4.44. The molecule has 0 aliphatic heterocycles. The number of ether oxygens (including phenoxy) is 1. The molecule has 0 heterocycles. The summed E-state index contributed by atoms with van der Waals surface area (Å²) in [6.07, 6.45) is 2.81. The van der Waals surface area contributed by atoms with Crippen LogP contribution in [0.1, 0.15) is 31.7 Å². The van der Waals surface area contributed by atoms with Gasteiger partial charge in [0.15, 0.2) is 0 Å². The van der Waals surface area contributed by atoms with Crippen molar-refractivity contribution in [2.45, 2.75) is 31.9 Å². The van der Waals surface area contributed by atoms with Crippen molar-refractivity contribution in [1.29, 1.82) is 0 Å². The molecular weight excluding hydrogens is 298 g/mol. The van der Waals surface area contributed by atoms with E-state index >= 15 is 0 Å². The average molecular weight is 320 g/mol. The van der Waals surface area contributed by atoms with Crippen LogP contribution < -0.4 is 4.72 Å². The number of unbranched alkanes of at least 4 members (excludes halogenated alkanes) is 1. The molecule has 0 atom stereocenters. The van der Waals surface area contributed by atoms with Gasteiger partial charge in [-0.1, -0.05) is 43.1 Å². The molecule has 0 bridgehead atoms. The molecule has 0 saturated heterocycles. The molecule has 1 aromatic rings. The Morgan fingerprint density at radius 3 is 2.60 bits per heavy atom. The van der Waals surface area contributed by atoms with Gasteiger partial charge in [0, 0.05) is 24.8 Å². The Labute approximate surface area is 126 Å². The maximum Gasteiger partial charge on any atom is 0.215 e. The van der Waals surface area contributed by atoms with Crippen molar-refractivity contribution in [2.75, 3.05) is 19.8 Å². The smallest absolute Gasteiger partial charge is 0.215 e. The van der Waals surface area contributed by atoms with Crippen molar-refractivity contribution in [3.05, 3.63) is 34.9 Å². The summed E-state index contributed by atoms with van der Waals surface area (Å²) in [5.74, 6) is -0.0939. The van der Waals surface area contributed by atoms with Crippen molar-refractivity contribution in [3.63, 3.8) is 0 Å². The van der Waals surface area contributed by atoms with Gasteiger partial charge < -0.3 is 4.74 Å². The molecule has 1 rings (SSSR count). The Kier molecular flexibility index (Phi) is 8.14. The van der Waals surface area contributed by atoms with Gasteiger partial charge in [-0.05, 0) is 24.5 Å². The van der Waals surface area contributed by atoms with Crippen LogP contribution in [0.2, 0.25) is 5.02 Å². The van der Waals surface area contributed by atoms with Gasteiger partial charge in [0.05, 0.1) is 5.75 Å². The number of nitrogens with one attached hydrogen (secondary N) is 1. The number of rotatable bonds is 10. The lowest BCUT2D eigenvalue weighted by molar-refractivity contribution is 0.130. The maximum atomic E-state index is 11.9. The van der Waals surface area contributed by atoms with E-state index in [-0.39, 0.29) is 5.75 Å². The number of hydrogen-bond donors (Lipinski definition) is 1. The van der Waals surface area contributed by atoms with Gasteiger partial charge in [0.25, 0.3) is 0 Å². The van der Waals surface area contributed by atoms with Gasteiger partial charge in [0.1, 0.15) is 0 Å². The topological polar surface area (TPSA) is 55.4 Å². The third-order valence-electron chi connectivity index (χ3n) is 2.73. The molecule has 1 aromatic carbocycles. The third kappa shape index (κ3) is 7.24. The normalized spacial score (nSPS) is 11.7. The summed E-state index contributed by atoms with van der Waals surface area (Å²) in [4.78, 5) is 0. The van der Waals surface area contributed by atoms with Crippen LogP contribution in [0.25, 0.3) is 0 Å². The summed E-state index contributed by atoms with van der Waals surface area (Å²) in [6.45, 7) is 3.81. The van der Waals surface area contributed by atoms with Crippen molar-refractivity contribution in [1.82, 2.24) is 4.72 Å². The van der Waals surface area contributed by atoms with E-state index in [0.717, 1.165) is 19.4 Å². The Balaban J connectivity index is 2.27. The van der Waals surface area contributed by atoms with Crippen molar-refractivity contribution in [3.8, 4) is 0 Å². The summed E-state index contributed by atoms with van der Waals surface area (Å²) >= 11 is 5.95. The lowest BCUT2D eigenvalue weighted by Crippen LogP contribution is -2.27. The first-order valence-electron chi connectivity index (χ1n) is 6.83. The molecule has 0 unspecified atom stereocenters. The lowest BCUT2D eigenvalue weighted by atomic mass is 10.2. The fourth-order valence-corrected chi connectivity index (χ4v) is 3.12. The van der Waals surface area contributed by atoms with Crippen LogP contribution in [0, 0.1) is 0 Å². The Morgan fingerprint density at radius 1 is 1.20 bits per heavy atom. The molecule has 0 aromatic heterocycles. The fourth-order valence-electron chi connectivity index (χ4n) is 1.62. The van der Waals surface area contributed by atoms with E-state index in [2.05, 4.69) is 11.6 Å². The Hall–Kier alpha value is -0.620. The zero-order valence-electron chi connectivity index (χ0n) is 11.8. The molecule has 0 aliphatic rings. The van der Waals surface area contributed by atoms with Crippen LogP contribution in [0.15, 0.2) is 24.3 Å². The minimum atomic E-state index is -3.34. The van der Waals surface area contributed by atoms with Gasteiger partial charge >= 0.3 is 0 Å².